The molecule has 134 valence electrons. The lowest BCUT2D eigenvalue weighted by Gasteiger charge is -2.37. The third kappa shape index (κ3) is 3.42. The van der Waals surface area contributed by atoms with Gasteiger partial charge in [-0.3, -0.25) is 14.5 Å². The third-order valence-electron chi connectivity index (χ3n) is 4.95. The Labute approximate surface area is 155 Å². The predicted octanol–water partition coefficient (Wildman–Crippen LogP) is 2.31. The number of hydrogen-bond acceptors (Lipinski definition) is 3. The molecule has 0 radical (unpaired) electrons. The summed E-state index contributed by atoms with van der Waals surface area (Å²) in [6.07, 6.45) is 1.28. The summed E-state index contributed by atoms with van der Waals surface area (Å²) in [6, 6.07) is 7.20. The number of rotatable bonds is 3. The second kappa shape index (κ2) is 6.78. The van der Waals surface area contributed by atoms with Gasteiger partial charge in [-0.2, -0.15) is 0 Å². The average Bonchev–Trinajstić information content (AvgIpc) is 2.80. The van der Waals surface area contributed by atoms with Gasteiger partial charge in [0.25, 0.3) is 5.91 Å². The van der Waals surface area contributed by atoms with Crippen molar-refractivity contribution in [2.24, 2.45) is 0 Å². The number of piperidine rings is 1. The molecule has 2 fully saturated rings. The van der Waals surface area contributed by atoms with Crippen molar-refractivity contribution in [2.45, 2.75) is 44.7 Å². The van der Waals surface area contributed by atoms with E-state index in [0.717, 1.165) is 10.0 Å². The summed E-state index contributed by atoms with van der Waals surface area (Å²) in [5, 5.41) is 2.86. The Morgan fingerprint density at radius 2 is 1.80 bits per heavy atom. The largest absolute Gasteiger partial charge is 0.342 e. The minimum Gasteiger partial charge on any atom is -0.342 e. The molecule has 0 aliphatic carbocycles. The molecule has 4 amide bonds. The number of imide groups is 1. The van der Waals surface area contributed by atoms with Crippen molar-refractivity contribution in [2.75, 3.05) is 13.1 Å². The molecular weight excluding hydrogens is 386 g/mol. The number of nitrogens with one attached hydrogen (secondary N) is 1. The first-order chi connectivity index (χ1) is 11.8. The summed E-state index contributed by atoms with van der Waals surface area (Å²) < 4.78 is 0.980. The van der Waals surface area contributed by atoms with Crippen LogP contribution in [0.4, 0.5) is 4.79 Å². The molecule has 1 aromatic carbocycles. The van der Waals surface area contributed by atoms with Crippen molar-refractivity contribution >= 4 is 33.8 Å². The van der Waals surface area contributed by atoms with E-state index in [0.29, 0.717) is 32.4 Å². The molecule has 7 heteroatoms. The van der Waals surface area contributed by atoms with Crippen molar-refractivity contribution in [1.29, 1.82) is 0 Å². The lowest BCUT2D eigenvalue weighted by atomic mass is 9.87. The molecule has 1 aromatic rings. The second-order valence-corrected chi connectivity index (χ2v) is 7.88. The molecule has 0 atom stereocenters. The molecule has 1 N–H and O–H groups in total. The van der Waals surface area contributed by atoms with Gasteiger partial charge in [0, 0.05) is 23.6 Å². The molecular formula is C18H22BrN3O3. The monoisotopic (exact) mass is 407 g/mol. The molecule has 1 spiro atoms. The highest BCUT2D eigenvalue weighted by molar-refractivity contribution is 9.10. The van der Waals surface area contributed by atoms with Crippen LogP contribution in [0.15, 0.2) is 28.7 Å². The molecule has 3 rings (SSSR count). The minimum absolute atomic E-state index is 0.0506. The number of likely N-dealkylation sites (tertiary alicyclic amines) is 1. The maximum atomic E-state index is 12.7. The Morgan fingerprint density at radius 3 is 2.32 bits per heavy atom. The van der Waals surface area contributed by atoms with Crippen LogP contribution >= 0.6 is 15.9 Å². The van der Waals surface area contributed by atoms with Gasteiger partial charge in [-0.1, -0.05) is 28.1 Å². The highest BCUT2D eigenvalue weighted by Gasteiger charge is 2.53. The Hall–Kier alpha value is -1.89. The molecule has 6 nitrogen and oxygen atoms in total. The molecule has 0 aromatic heterocycles. The van der Waals surface area contributed by atoms with E-state index >= 15 is 0 Å². The maximum Gasteiger partial charge on any atom is 0.325 e. The number of benzene rings is 1. The second-order valence-electron chi connectivity index (χ2n) is 6.97. The molecule has 2 heterocycles. The SMILES string of the molecule is CC(C)N1C(=O)NC2(CCN(C(=O)Cc3ccc(Br)cc3)CC2)C1=O. The van der Waals surface area contributed by atoms with Crippen LogP contribution in [-0.2, 0) is 16.0 Å². The van der Waals surface area contributed by atoms with Crippen LogP contribution in [0, 0.1) is 0 Å². The summed E-state index contributed by atoms with van der Waals surface area (Å²) in [6.45, 7) is 4.61. The zero-order valence-corrected chi connectivity index (χ0v) is 16.0. The summed E-state index contributed by atoms with van der Waals surface area (Å²) in [7, 11) is 0. The normalized spacial score (nSPS) is 19.7. The van der Waals surface area contributed by atoms with Gasteiger partial charge in [0.05, 0.1) is 6.42 Å². The Bertz CT molecular complexity index is 694. The van der Waals surface area contributed by atoms with E-state index < -0.39 is 5.54 Å². The minimum atomic E-state index is -0.838. The molecule has 0 bridgehead atoms. The van der Waals surface area contributed by atoms with E-state index in [4.69, 9.17) is 0 Å². The number of carbonyl (C=O) groups excluding carboxylic acids is 3. The fraction of sp³-hybridized carbons (Fsp3) is 0.500. The van der Waals surface area contributed by atoms with Gasteiger partial charge in [-0.05, 0) is 44.4 Å². The number of nitrogens with zero attached hydrogens (tertiary/aromatic N) is 2. The van der Waals surface area contributed by atoms with Crippen LogP contribution < -0.4 is 5.32 Å². The Balaban J connectivity index is 1.62. The Morgan fingerprint density at radius 1 is 1.20 bits per heavy atom. The molecule has 25 heavy (non-hydrogen) atoms. The smallest absolute Gasteiger partial charge is 0.325 e. The van der Waals surface area contributed by atoms with E-state index in [-0.39, 0.29) is 23.9 Å². The lowest BCUT2D eigenvalue weighted by molar-refractivity contribution is -0.138. The van der Waals surface area contributed by atoms with Crippen molar-refractivity contribution in [3.05, 3.63) is 34.3 Å². The first kappa shape index (κ1) is 17.9. The van der Waals surface area contributed by atoms with Crippen molar-refractivity contribution in [3.8, 4) is 0 Å². The maximum absolute atomic E-state index is 12.7. The predicted molar refractivity (Wildman–Crippen MR) is 96.9 cm³/mol. The van der Waals surface area contributed by atoms with Gasteiger partial charge in [0.1, 0.15) is 5.54 Å². The fourth-order valence-corrected chi connectivity index (χ4v) is 3.74. The van der Waals surface area contributed by atoms with Crippen LogP contribution in [0.1, 0.15) is 32.3 Å². The van der Waals surface area contributed by atoms with Crippen LogP contribution in [0.2, 0.25) is 0 Å². The summed E-state index contributed by atoms with van der Waals surface area (Å²) in [4.78, 5) is 40.3. The van der Waals surface area contributed by atoms with Gasteiger partial charge < -0.3 is 10.2 Å². The van der Waals surface area contributed by atoms with Gasteiger partial charge in [-0.15, -0.1) is 0 Å². The first-order valence-corrected chi connectivity index (χ1v) is 9.30. The van der Waals surface area contributed by atoms with E-state index in [2.05, 4.69) is 21.2 Å². The number of halogens is 1. The zero-order valence-electron chi connectivity index (χ0n) is 14.4. The van der Waals surface area contributed by atoms with Gasteiger partial charge in [0.2, 0.25) is 5.91 Å². The number of amides is 4. The number of hydrogen-bond donors (Lipinski definition) is 1. The van der Waals surface area contributed by atoms with E-state index in [9.17, 15) is 14.4 Å². The molecule has 0 unspecified atom stereocenters. The third-order valence-corrected chi connectivity index (χ3v) is 5.48. The van der Waals surface area contributed by atoms with Crippen molar-refractivity contribution in [3.63, 3.8) is 0 Å². The van der Waals surface area contributed by atoms with Crippen molar-refractivity contribution < 1.29 is 14.4 Å². The quantitative estimate of drug-likeness (QED) is 0.781. The van der Waals surface area contributed by atoms with E-state index in [1.807, 2.05) is 38.1 Å². The number of urea groups is 1. The van der Waals surface area contributed by atoms with Crippen LogP contribution in [0.25, 0.3) is 0 Å². The number of carbonyl (C=O) groups is 3. The molecule has 2 aliphatic rings. The van der Waals surface area contributed by atoms with Crippen molar-refractivity contribution in [1.82, 2.24) is 15.1 Å². The first-order valence-electron chi connectivity index (χ1n) is 8.50. The Kier molecular flexibility index (Phi) is 4.86. The van der Waals surface area contributed by atoms with E-state index in [1.165, 1.54) is 4.90 Å². The summed E-state index contributed by atoms with van der Waals surface area (Å²) in [5.41, 5.74) is 0.125. The van der Waals surface area contributed by atoms with Crippen LogP contribution in [-0.4, -0.2) is 52.3 Å². The van der Waals surface area contributed by atoms with Gasteiger partial charge >= 0.3 is 6.03 Å². The standard InChI is InChI=1S/C18H22BrN3O3/c1-12(2)22-16(24)18(20-17(22)25)7-9-21(10-8-18)15(23)11-13-3-5-14(19)6-4-13/h3-6,12H,7-11H2,1-2H3,(H,20,25). The summed E-state index contributed by atoms with van der Waals surface area (Å²) in [5.74, 6) is -0.109. The molecule has 2 aliphatic heterocycles. The highest BCUT2D eigenvalue weighted by atomic mass is 79.9. The topological polar surface area (TPSA) is 69.7 Å². The fourth-order valence-electron chi connectivity index (χ4n) is 3.48. The lowest BCUT2D eigenvalue weighted by Crippen LogP contribution is -2.56. The molecule has 2 saturated heterocycles. The van der Waals surface area contributed by atoms with Crippen LogP contribution in [0.3, 0.4) is 0 Å². The average molecular weight is 408 g/mol. The summed E-state index contributed by atoms with van der Waals surface area (Å²) >= 11 is 3.38. The molecule has 0 saturated carbocycles. The van der Waals surface area contributed by atoms with E-state index in [1.54, 1.807) is 4.90 Å². The zero-order chi connectivity index (χ0) is 18.2. The van der Waals surface area contributed by atoms with Gasteiger partial charge in [-0.25, -0.2) is 4.79 Å². The highest BCUT2D eigenvalue weighted by Crippen LogP contribution is 2.30. The van der Waals surface area contributed by atoms with Gasteiger partial charge in [0.15, 0.2) is 0 Å². The van der Waals surface area contributed by atoms with Crippen LogP contribution in [0.5, 0.6) is 0 Å².